The van der Waals surface area contributed by atoms with E-state index in [-0.39, 0.29) is 23.6 Å². The summed E-state index contributed by atoms with van der Waals surface area (Å²) in [6, 6.07) is 0. The van der Waals surface area contributed by atoms with Crippen LogP contribution in [-0.2, 0) is 20.7 Å². The number of aryl methyl sites for hydroxylation is 1. The van der Waals surface area contributed by atoms with Crippen LogP contribution in [0.1, 0.15) is 36.1 Å². The van der Waals surface area contributed by atoms with Crippen molar-refractivity contribution in [3.8, 4) is 0 Å². The summed E-state index contributed by atoms with van der Waals surface area (Å²) in [5.41, 5.74) is 0.171. The summed E-state index contributed by atoms with van der Waals surface area (Å²) < 4.78 is 12.4. The van der Waals surface area contributed by atoms with Gasteiger partial charge in [0.15, 0.2) is 0 Å². The molecule has 0 radical (unpaired) electrons. The van der Waals surface area contributed by atoms with Crippen molar-refractivity contribution in [2.75, 3.05) is 0 Å². The third kappa shape index (κ3) is 1.42. The van der Waals surface area contributed by atoms with Crippen LogP contribution in [0.25, 0.3) is 0 Å². The number of hydrogen-bond donors (Lipinski definition) is 0. The van der Waals surface area contributed by atoms with E-state index in [0.717, 1.165) is 36.3 Å². The van der Waals surface area contributed by atoms with Crippen LogP contribution in [0.15, 0.2) is 17.8 Å². The number of aromatic nitrogens is 1. The van der Waals surface area contributed by atoms with E-state index in [1.165, 1.54) is 4.88 Å². The largest absolute Gasteiger partial charge is 0.455 e. The zero-order chi connectivity index (χ0) is 15.1. The predicted molar refractivity (Wildman–Crippen MR) is 81.6 cm³/mol. The first kappa shape index (κ1) is 13.3. The number of carbonyl (C=O) groups is 1. The van der Waals surface area contributed by atoms with Gasteiger partial charge >= 0.3 is 5.97 Å². The van der Waals surface area contributed by atoms with Gasteiger partial charge in [-0.25, -0.2) is 9.78 Å². The standard InChI is InChI=1S/C17H19NO3S/c1-9-5-13-15(19)20-14-4-3-11-6-16(9,21-17(11,13)14)7-12-8-18-10(2)22-12/h5,8-9,11,14H,3-4,6-7H2,1-2H3/t9-,11?,14-,16?,17+/m1/s1. The molecule has 1 spiro atoms. The molecule has 0 aromatic carbocycles. The number of thiazole rings is 1. The quantitative estimate of drug-likeness (QED) is 0.787. The second-order valence-corrected chi connectivity index (χ2v) is 8.54. The molecular weight excluding hydrogens is 298 g/mol. The van der Waals surface area contributed by atoms with E-state index >= 15 is 0 Å². The van der Waals surface area contributed by atoms with E-state index in [0.29, 0.717) is 5.92 Å². The minimum Gasteiger partial charge on any atom is -0.455 e. The van der Waals surface area contributed by atoms with Crippen molar-refractivity contribution in [2.24, 2.45) is 11.8 Å². The number of carbonyl (C=O) groups excluding carboxylic acids is 1. The molecule has 4 nitrogen and oxygen atoms in total. The maximum atomic E-state index is 12.2. The SMILES string of the molecule is Cc1ncc(CC23CC4CC[C@H]5OC(=O)C(=C[C@H]2C)[C@@]45O3)s1. The fraction of sp³-hybridized carbons (Fsp3) is 0.647. The lowest BCUT2D eigenvalue weighted by Gasteiger charge is -2.41. The van der Waals surface area contributed by atoms with Crippen molar-refractivity contribution in [2.45, 2.75) is 56.8 Å². The molecule has 4 aliphatic rings. The molecule has 3 aliphatic heterocycles. The normalized spacial score (nSPS) is 44.9. The van der Waals surface area contributed by atoms with Gasteiger partial charge in [0.05, 0.1) is 16.2 Å². The summed E-state index contributed by atoms with van der Waals surface area (Å²) in [5.74, 6) is 0.507. The third-order valence-corrected chi connectivity index (χ3v) is 7.02. The van der Waals surface area contributed by atoms with E-state index in [4.69, 9.17) is 9.47 Å². The Morgan fingerprint density at radius 3 is 3.09 bits per heavy atom. The molecule has 116 valence electrons. The first-order valence-corrected chi connectivity index (χ1v) is 8.90. The average Bonchev–Trinajstić information content (AvgIpc) is 3.13. The molecule has 2 bridgehead atoms. The first-order valence-electron chi connectivity index (χ1n) is 8.08. The highest BCUT2D eigenvalue weighted by molar-refractivity contribution is 7.11. The lowest BCUT2D eigenvalue weighted by atomic mass is 9.81. The molecule has 1 aromatic heterocycles. The van der Waals surface area contributed by atoms with Gasteiger partial charge in [0.2, 0.25) is 0 Å². The Balaban J connectivity index is 1.60. The summed E-state index contributed by atoms with van der Waals surface area (Å²) in [4.78, 5) is 17.9. The number of rotatable bonds is 2. The average molecular weight is 317 g/mol. The van der Waals surface area contributed by atoms with Crippen molar-refractivity contribution < 1.29 is 14.3 Å². The highest BCUT2D eigenvalue weighted by atomic mass is 32.1. The van der Waals surface area contributed by atoms with Crippen molar-refractivity contribution in [3.63, 3.8) is 0 Å². The molecule has 2 unspecified atom stereocenters. The molecule has 4 heterocycles. The molecule has 1 aliphatic carbocycles. The number of ether oxygens (including phenoxy) is 2. The number of hydrogen-bond acceptors (Lipinski definition) is 5. The lowest BCUT2D eigenvalue weighted by Crippen LogP contribution is -2.49. The molecule has 1 saturated carbocycles. The lowest BCUT2D eigenvalue weighted by molar-refractivity contribution is -0.149. The Kier molecular flexibility index (Phi) is 2.41. The molecule has 2 saturated heterocycles. The van der Waals surface area contributed by atoms with Crippen molar-refractivity contribution in [1.82, 2.24) is 4.98 Å². The fourth-order valence-electron chi connectivity index (χ4n) is 5.12. The summed E-state index contributed by atoms with van der Waals surface area (Å²) in [6.45, 7) is 4.21. The minimum absolute atomic E-state index is 0.0613. The predicted octanol–water partition coefficient (Wildman–Crippen LogP) is 2.80. The number of esters is 1. The zero-order valence-electron chi connectivity index (χ0n) is 12.8. The minimum atomic E-state index is -0.441. The smallest absolute Gasteiger partial charge is 0.337 e. The highest BCUT2D eigenvalue weighted by Crippen LogP contribution is 2.64. The molecule has 22 heavy (non-hydrogen) atoms. The van der Waals surface area contributed by atoms with E-state index in [1.54, 1.807) is 11.3 Å². The highest BCUT2D eigenvalue weighted by Gasteiger charge is 2.72. The molecular formula is C17H19NO3S. The van der Waals surface area contributed by atoms with Gasteiger partial charge in [-0.1, -0.05) is 13.0 Å². The first-order chi connectivity index (χ1) is 10.5. The zero-order valence-corrected chi connectivity index (χ0v) is 13.6. The van der Waals surface area contributed by atoms with Crippen molar-refractivity contribution in [3.05, 3.63) is 27.7 Å². The van der Waals surface area contributed by atoms with Crippen LogP contribution in [0.2, 0.25) is 0 Å². The summed E-state index contributed by atoms with van der Waals surface area (Å²) in [6.07, 6.45) is 8.02. The van der Waals surface area contributed by atoms with Crippen LogP contribution in [0.4, 0.5) is 0 Å². The topological polar surface area (TPSA) is 48.4 Å². The maximum absolute atomic E-state index is 12.2. The summed E-state index contributed by atoms with van der Waals surface area (Å²) in [5, 5.41) is 1.10. The Morgan fingerprint density at radius 2 is 2.32 bits per heavy atom. The van der Waals surface area contributed by atoms with Gasteiger partial charge in [-0.3, -0.25) is 0 Å². The van der Waals surface area contributed by atoms with Crippen LogP contribution >= 0.6 is 11.3 Å². The second kappa shape index (κ2) is 4.01. The van der Waals surface area contributed by atoms with Crippen LogP contribution in [0.3, 0.4) is 0 Å². The van der Waals surface area contributed by atoms with E-state index < -0.39 is 5.60 Å². The van der Waals surface area contributed by atoms with Gasteiger partial charge in [-0.15, -0.1) is 11.3 Å². The molecule has 0 N–H and O–H groups in total. The monoisotopic (exact) mass is 317 g/mol. The van der Waals surface area contributed by atoms with Gasteiger partial charge in [-0.2, -0.15) is 0 Å². The van der Waals surface area contributed by atoms with Crippen molar-refractivity contribution >= 4 is 17.3 Å². The van der Waals surface area contributed by atoms with E-state index in [9.17, 15) is 4.79 Å². The number of fused-ring (bicyclic) bond motifs is 1. The van der Waals surface area contributed by atoms with Gasteiger partial charge in [-0.05, 0) is 32.1 Å². The van der Waals surface area contributed by atoms with E-state index in [1.807, 2.05) is 13.1 Å². The van der Waals surface area contributed by atoms with Crippen molar-refractivity contribution in [1.29, 1.82) is 0 Å². The van der Waals surface area contributed by atoms with Crippen LogP contribution in [-0.4, -0.2) is 28.3 Å². The van der Waals surface area contributed by atoms with E-state index in [2.05, 4.69) is 18.0 Å². The maximum Gasteiger partial charge on any atom is 0.337 e. The van der Waals surface area contributed by atoms with Gasteiger partial charge in [0.1, 0.15) is 11.7 Å². The van der Waals surface area contributed by atoms with Crippen LogP contribution in [0, 0.1) is 18.8 Å². The molecule has 5 rings (SSSR count). The third-order valence-electron chi connectivity index (χ3n) is 6.11. The van der Waals surface area contributed by atoms with Gasteiger partial charge in [0, 0.05) is 23.4 Å². The fourth-order valence-corrected chi connectivity index (χ4v) is 6.03. The summed E-state index contributed by atoms with van der Waals surface area (Å²) in [7, 11) is 0. The van der Waals surface area contributed by atoms with Gasteiger partial charge < -0.3 is 9.47 Å². The molecule has 0 amide bonds. The molecule has 3 fully saturated rings. The summed E-state index contributed by atoms with van der Waals surface area (Å²) >= 11 is 1.75. The molecule has 1 aromatic rings. The Bertz CT molecular complexity index is 711. The second-order valence-electron chi connectivity index (χ2n) is 7.22. The van der Waals surface area contributed by atoms with Gasteiger partial charge in [0.25, 0.3) is 0 Å². The Hall–Kier alpha value is -1.20. The Morgan fingerprint density at radius 1 is 1.45 bits per heavy atom. The Labute approximate surface area is 133 Å². The molecule has 5 atom stereocenters. The number of nitrogens with zero attached hydrogens (tertiary/aromatic N) is 1. The van der Waals surface area contributed by atoms with Crippen LogP contribution in [0.5, 0.6) is 0 Å². The van der Waals surface area contributed by atoms with Crippen LogP contribution < -0.4 is 0 Å². The molecule has 5 heteroatoms.